The van der Waals surface area contributed by atoms with Crippen molar-refractivity contribution >= 4 is 27.3 Å². The van der Waals surface area contributed by atoms with E-state index in [0.29, 0.717) is 0 Å². The van der Waals surface area contributed by atoms with Crippen LogP contribution in [0.2, 0.25) is 0 Å². The van der Waals surface area contributed by atoms with E-state index < -0.39 is 0 Å². The molecule has 0 amide bonds. The highest BCUT2D eigenvalue weighted by Crippen LogP contribution is 2.27. The standard InChI is InChI=1S/C15H16BrN/c1-12-10-13(11-16)8-9-15(12)17(2)14-6-4-3-5-7-14/h3-10H,11H2,1-2H3. The summed E-state index contributed by atoms with van der Waals surface area (Å²) >= 11 is 3.48. The fourth-order valence-electron chi connectivity index (χ4n) is 1.97. The molecule has 2 aromatic carbocycles. The number of nitrogens with zero attached hydrogens (tertiary/aromatic N) is 1. The van der Waals surface area contributed by atoms with Crippen molar-refractivity contribution in [2.24, 2.45) is 0 Å². The van der Waals surface area contributed by atoms with Gasteiger partial charge in [0.25, 0.3) is 0 Å². The highest BCUT2D eigenvalue weighted by Gasteiger charge is 2.06. The van der Waals surface area contributed by atoms with E-state index in [-0.39, 0.29) is 0 Å². The highest BCUT2D eigenvalue weighted by atomic mass is 79.9. The van der Waals surface area contributed by atoms with Crippen molar-refractivity contribution in [1.82, 2.24) is 0 Å². The van der Waals surface area contributed by atoms with Gasteiger partial charge in [-0.2, -0.15) is 0 Å². The first-order valence-corrected chi connectivity index (χ1v) is 6.79. The van der Waals surface area contributed by atoms with Gasteiger partial charge in [-0.1, -0.05) is 46.3 Å². The lowest BCUT2D eigenvalue weighted by Crippen LogP contribution is -2.10. The van der Waals surface area contributed by atoms with Gasteiger partial charge in [-0.25, -0.2) is 0 Å². The Hall–Kier alpha value is -1.28. The van der Waals surface area contributed by atoms with Gasteiger partial charge in [0.1, 0.15) is 0 Å². The van der Waals surface area contributed by atoms with Crippen LogP contribution in [0.1, 0.15) is 11.1 Å². The van der Waals surface area contributed by atoms with E-state index in [1.54, 1.807) is 0 Å². The molecule has 0 saturated heterocycles. The molecule has 17 heavy (non-hydrogen) atoms. The van der Waals surface area contributed by atoms with E-state index in [4.69, 9.17) is 0 Å². The van der Waals surface area contributed by atoms with Crippen LogP contribution in [-0.2, 0) is 5.33 Å². The van der Waals surface area contributed by atoms with E-state index in [1.807, 2.05) is 6.07 Å². The van der Waals surface area contributed by atoms with E-state index >= 15 is 0 Å². The molecule has 2 rings (SSSR count). The molecule has 0 aliphatic heterocycles. The number of hydrogen-bond donors (Lipinski definition) is 0. The van der Waals surface area contributed by atoms with Crippen molar-refractivity contribution in [3.63, 3.8) is 0 Å². The topological polar surface area (TPSA) is 3.24 Å². The quantitative estimate of drug-likeness (QED) is 0.743. The Kier molecular flexibility index (Phi) is 3.85. The van der Waals surface area contributed by atoms with Crippen molar-refractivity contribution in [3.8, 4) is 0 Å². The molecule has 0 saturated carbocycles. The molecular formula is C15H16BrN. The third-order valence-electron chi connectivity index (χ3n) is 2.92. The number of alkyl halides is 1. The number of aryl methyl sites for hydroxylation is 1. The molecule has 0 spiro atoms. The predicted octanol–water partition coefficient (Wildman–Crippen LogP) is 4.66. The SMILES string of the molecule is Cc1cc(CBr)ccc1N(C)c1ccccc1. The molecule has 0 atom stereocenters. The van der Waals surface area contributed by atoms with Gasteiger partial charge in [0.2, 0.25) is 0 Å². The van der Waals surface area contributed by atoms with Crippen molar-refractivity contribution in [1.29, 1.82) is 0 Å². The van der Waals surface area contributed by atoms with E-state index in [0.717, 1.165) is 5.33 Å². The van der Waals surface area contributed by atoms with Crippen LogP contribution in [0.4, 0.5) is 11.4 Å². The number of hydrogen-bond acceptors (Lipinski definition) is 1. The maximum Gasteiger partial charge on any atom is 0.0438 e. The van der Waals surface area contributed by atoms with Crippen LogP contribution in [0.25, 0.3) is 0 Å². The second kappa shape index (κ2) is 5.37. The Bertz CT molecular complexity index is 494. The molecule has 0 radical (unpaired) electrons. The molecule has 0 aliphatic rings. The maximum absolute atomic E-state index is 3.48. The Balaban J connectivity index is 2.34. The van der Waals surface area contributed by atoms with Crippen LogP contribution in [-0.4, -0.2) is 7.05 Å². The molecule has 1 nitrogen and oxygen atoms in total. The number of anilines is 2. The van der Waals surface area contributed by atoms with Crippen LogP contribution in [0.3, 0.4) is 0 Å². The molecule has 0 aliphatic carbocycles. The number of benzene rings is 2. The highest BCUT2D eigenvalue weighted by molar-refractivity contribution is 9.08. The first-order valence-electron chi connectivity index (χ1n) is 5.66. The first kappa shape index (κ1) is 12.2. The van der Waals surface area contributed by atoms with Gasteiger partial charge >= 0.3 is 0 Å². The summed E-state index contributed by atoms with van der Waals surface area (Å²) in [6.45, 7) is 2.15. The minimum absolute atomic E-state index is 0.906. The number of halogens is 1. The molecule has 88 valence electrons. The average molecular weight is 290 g/mol. The summed E-state index contributed by atoms with van der Waals surface area (Å²) in [5.41, 5.74) is 5.07. The lowest BCUT2D eigenvalue weighted by Gasteiger charge is -2.22. The van der Waals surface area contributed by atoms with Gasteiger partial charge < -0.3 is 4.90 Å². The van der Waals surface area contributed by atoms with Gasteiger partial charge in [-0.15, -0.1) is 0 Å². The molecule has 0 heterocycles. The second-order valence-corrected chi connectivity index (χ2v) is 4.71. The van der Waals surface area contributed by atoms with E-state index in [1.165, 1.54) is 22.5 Å². The predicted molar refractivity (Wildman–Crippen MR) is 78.3 cm³/mol. The van der Waals surface area contributed by atoms with Crippen LogP contribution in [0, 0.1) is 6.92 Å². The Morgan fingerprint density at radius 3 is 2.35 bits per heavy atom. The monoisotopic (exact) mass is 289 g/mol. The molecule has 0 aromatic heterocycles. The van der Waals surface area contributed by atoms with Gasteiger partial charge in [-0.05, 0) is 36.2 Å². The molecule has 2 heteroatoms. The largest absolute Gasteiger partial charge is 0.344 e. The number of para-hydroxylation sites is 1. The zero-order valence-electron chi connectivity index (χ0n) is 10.2. The summed E-state index contributed by atoms with van der Waals surface area (Å²) < 4.78 is 0. The fraction of sp³-hybridized carbons (Fsp3) is 0.200. The first-order chi connectivity index (χ1) is 8.22. The van der Waals surface area contributed by atoms with Gasteiger partial charge in [-0.3, -0.25) is 0 Å². The minimum atomic E-state index is 0.906. The number of rotatable bonds is 3. The van der Waals surface area contributed by atoms with Crippen molar-refractivity contribution in [2.75, 3.05) is 11.9 Å². The average Bonchev–Trinajstić information content (AvgIpc) is 2.39. The third-order valence-corrected chi connectivity index (χ3v) is 3.57. The van der Waals surface area contributed by atoms with Crippen LogP contribution < -0.4 is 4.90 Å². The normalized spacial score (nSPS) is 10.3. The second-order valence-electron chi connectivity index (χ2n) is 4.15. The van der Waals surface area contributed by atoms with E-state index in [2.05, 4.69) is 77.3 Å². The lowest BCUT2D eigenvalue weighted by atomic mass is 10.1. The van der Waals surface area contributed by atoms with Crippen molar-refractivity contribution in [3.05, 3.63) is 59.7 Å². The summed E-state index contributed by atoms with van der Waals surface area (Å²) in [5.74, 6) is 0. The Labute approximate surface area is 111 Å². The van der Waals surface area contributed by atoms with Crippen molar-refractivity contribution < 1.29 is 0 Å². The van der Waals surface area contributed by atoms with Crippen LogP contribution in [0.5, 0.6) is 0 Å². The molecule has 0 N–H and O–H groups in total. The maximum atomic E-state index is 3.48. The fourth-order valence-corrected chi connectivity index (χ4v) is 2.32. The lowest BCUT2D eigenvalue weighted by molar-refractivity contribution is 1.18. The summed E-state index contributed by atoms with van der Waals surface area (Å²) in [5, 5.41) is 0.906. The Morgan fingerprint density at radius 1 is 1.06 bits per heavy atom. The summed E-state index contributed by atoms with van der Waals surface area (Å²) in [4.78, 5) is 2.22. The molecule has 0 unspecified atom stereocenters. The van der Waals surface area contributed by atoms with Gasteiger partial charge in [0.15, 0.2) is 0 Å². The van der Waals surface area contributed by atoms with Gasteiger partial charge in [0.05, 0.1) is 0 Å². The smallest absolute Gasteiger partial charge is 0.0438 e. The Morgan fingerprint density at radius 2 is 1.76 bits per heavy atom. The zero-order chi connectivity index (χ0) is 12.3. The zero-order valence-corrected chi connectivity index (χ0v) is 11.7. The summed E-state index contributed by atoms with van der Waals surface area (Å²) in [6.07, 6.45) is 0. The van der Waals surface area contributed by atoms with Crippen molar-refractivity contribution in [2.45, 2.75) is 12.3 Å². The summed E-state index contributed by atoms with van der Waals surface area (Å²) in [7, 11) is 2.10. The minimum Gasteiger partial charge on any atom is -0.344 e. The van der Waals surface area contributed by atoms with E-state index in [9.17, 15) is 0 Å². The van der Waals surface area contributed by atoms with Crippen LogP contribution >= 0.6 is 15.9 Å². The summed E-state index contributed by atoms with van der Waals surface area (Å²) in [6, 6.07) is 17.0. The molecular weight excluding hydrogens is 274 g/mol. The molecule has 0 bridgehead atoms. The molecule has 2 aromatic rings. The van der Waals surface area contributed by atoms with Crippen LogP contribution in [0.15, 0.2) is 48.5 Å². The van der Waals surface area contributed by atoms with Gasteiger partial charge in [0, 0.05) is 23.8 Å². The third kappa shape index (κ3) is 2.70. The molecule has 0 fully saturated rings.